The molecule has 0 amide bonds. The van der Waals surface area contributed by atoms with Crippen molar-refractivity contribution in [3.05, 3.63) is 35.6 Å². The number of likely N-dealkylation sites (N-methyl/N-ethyl adjacent to an activating group) is 1. The van der Waals surface area contributed by atoms with Crippen LogP contribution in [0.2, 0.25) is 0 Å². The van der Waals surface area contributed by atoms with Gasteiger partial charge in [0, 0.05) is 36.6 Å². The molecule has 21 heavy (non-hydrogen) atoms. The van der Waals surface area contributed by atoms with Gasteiger partial charge in [-0.3, -0.25) is 4.90 Å². The molecule has 0 aliphatic carbocycles. The summed E-state index contributed by atoms with van der Waals surface area (Å²) in [5.41, 5.74) is 8.06. The van der Waals surface area contributed by atoms with Crippen molar-refractivity contribution in [1.29, 1.82) is 0 Å². The molecule has 2 heterocycles. The minimum Gasteiger partial charge on any atom is -0.459 e. The first-order valence-corrected chi connectivity index (χ1v) is 7.68. The Labute approximate surface area is 126 Å². The van der Waals surface area contributed by atoms with Gasteiger partial charge in [0.25, 0.3) is 0 Å². The van der Waals surface area contributed by atoms with Crippen LogP contribution in [0.3, 0.4) is 0 Å². The van der Waals surface area contributed by atoms with Crippen LogP contribution in [-0.2, 0) is 13.1 Å². The maximum absolute atomic E-state index is 6.05. The molecule has 4 nitrogen and oxygen atoms in total. The number of likely N-dealkylation sites (tertiary alicyclic amines) is 1. The third kappa shape index (κ3) is 2.71. The van der Waals surface area contributed by atoms with Crippen molar-refractivity contribution in [2.75, 3.05) is 27.2 Å². The van der Waals surface area contributed by atoms with E-state index in [1.807, 2.05) is 18.2 Å². The molecule has 0 spiro atoms. The van der Waals surface area contributed by atoms with E-state index in [1.54, 1.807) is 0 Å². The second kappa shape index (κ2) is 5.79. The number of nitrogens with two attached hydrogens (primary N) is 1. The average Bonchev–Trinajstić information content (AvgIpc) is 2.99. The summed E-state index contributed by atoms with van der Waals surface area (Å²) in [5.74, 6) is 1.72. The second-order valence-corrected chi connectivity index (χ2v) is 6.41. The highest BCUT2D eigenvalue weighted by atomic mass is 16.3. The molecule has 114 valence electrons. The highest BCUT2D eigenvalue weighted by Crippen LogP contribution is 2.28. The van der Waals surface area contributed by atoms with Gasteiger partial charge in [0.05, 0.1) is 6.54 Å². The van der Waals surface area contributed by atoms with Gasteiger partial charge in [-0.15, -0.1) is 0 Å². The molecule has 0 saturated carbocycles. The molecule has 1 aliphatic rings. The Morgan fingerprint density at radius 2 is 2.05 bits per heavy atom. The van der Waals surface area contributed by atoms with Crippen LogP contribution in [0, 0.1) is 5.92 Å². The highest BCUT2D eigenvalue weighted by molar-refractivity contribution is 5.82. The quantitative estimate of drug-likeness (QED) is 0.937. The molecule has 1 fully saturated rings. The summed E-state index contributed by atoms with van der Waals surface area (Å²) >= 11 is 0. The lowest BCUT2D eigenvalue weighted by Crippen LogP contribution is -2.34. The van der Waals surface area contributed by atoms with E-state index in [2.05, 4.69) is 36.9 Å². The Hall–Kier alpha value is -1.36. The first-order valence-electron chi connectivity index (χ1n) is 7.68. The van der Waals surface area contributed by atoms with Crippen LogP contribution in [0.25, 0.3) is 11.0 Å². The molecule has 0 radical (unpaired) electrons. The number of fused-ring (bicyclic) bond motifs is 1. The van der Waals surface area contributed by atoms with Gasteiger partial charge in [0.2, 0.25) is 0 Å². The standard InChI is InChI=1S/C17H25N3O/c1-12-9-20(10-15(12)19(2)3)11-17-14(8-18)13-6-4-5-7-16(13)21-17/h4-7,12,15H,8-11,18H2,1-3H3. The molecular weight excluding hydrogens is 262 g/mol. The molecule has 3 rings (SSSR count). The summed E-state index contributed by atoms with van der Waals surface area (Å²) in [6.45, 7) is 5.93. The smallest absolute Gasteiger partial charge is 0.134 e. The van der Waals surface area contributed by atoms with Crippen LogP contribution in [0.1, 0.15) is 18.2 Å². The first kappa shape index (κ1) is 14.6. The lowest BCUT2D eigenvalue weighted by molar-refractivity contribution is 0.244. The van der Waals surface area contributed by atoms with Gasteiger partial charge in [0.1, 0.15) is 11.3 Å². The predicted molar refractivity (Wildman–Crippen MR) is 86.0 cm³/mol. The van der Waals surface area contributed by atoms with Crippen molar-refractivity contribution in [2.45, 2.75) is 26.1 Å². The molecule has 0 bridgehead atoms. The maximum atomic E-state index is 6.05. The van der Waals surface area contributed by atoms with Gasteiger partial charge in [0.15, 0.2) is 0 Å². The predicted octanol–water partition coefficient (Wildman–Crippen LogP) is 2.27. The first-order chi connectivity index (χ1) is 10.1. The van der Waals surface area contributed by atoms with Crippen LogP contribution in [0.15, 0.2) is 28.7 Å². The topological polar surface area (TPSA) is 45.6 Å². The fourth-order valence-electron chi connectivity index (χ4n) is 3.55. The van der Waals surface area contributed by atoms with Crippen molar-refractivity contribution < 1.29 is 4.42 Å². The summed E-state index contributed by atoms with van der Waals surface area (Å²) in [5, 5.41) is 1.16. The number of nitrogens with zero attached hydrogens (tertiary/aromatic N) is 2. The fourth-order valence-corrected chi connectivity index (χ4v) is 3.55. The SMILES string of the molecule is CC1CN(Cc2oc3ccccc3c2CN)CC1N(C)C. The molecule has 4 heteroatoms. The van der Waals surface area contributed by atoms with Crippen molar-refractivity contribution >= 4 is 11.0 Å². The number of hydrogen-bond donors (Lipinski definition) is 1. The van der Waals surface area contributed by atoms with Crippen molar-refractivity contribution in [2.24, 2.45) is 11.7 Å². The van der Waals surface area contributed by atoms with E-state index in [-0.39, 0.29) is 0 Å². The minimum absolute atomic E-state index is 0.535. The van der Waals surface area contributed by atoms with Crippen LogP contribution in [0.5, 0.6) is 0 Å². The molecule has 2 atom stereocenters. The van der Waals surface area contributed by atoms with E-state index < -0.39 is 0 Å². The van der Waals surface area contributed by atoms with E-state index in [0.717, 1.165) is 41.9 Å². The van der Waals surface area contributed by atoms with Crippen molar-refractivity contribution in [3.63, 3.8) is 0 Å². The molecular formula is C17H25N3O. The second-order valence-electron chi connectivity index (χ2n) is 6.41. The fraction of sp³-hybridized carbons (Fsp3) is 0.529. The summed E-state index contributed by atoms with van der Waals surface area (Å²) in [6.07, 6.45) is 0. The Kier molecular flexibility index (Phi) is 4.02. The third-order valence-corrected chi connectivity index (χ3v) is 4.66. The summed E-state index contributed by atoms with van der Waals surface area (Å²) < 4.78 is 6.05. The molecule has 1 saturated heterocycles. The van der Waals surface area contributed by atoms with Crippen LogP contribution in [-0.4, -0.2) is 43.0 Å². The van der Waals surface area contributed by atoms with Crippen molar-refractivity contribution in [3.8, 4) is 0 Å². The van der Waals surface area contributed by atoms with Gasteiger partial charge >= 0.3 is 0 Å². The Balaban J connectivity index is 1.82. The maximum Gasteiger partial charge on any atom is 0.134 e. The van der Waals surface area contributed by atoms with Gasteiger partial charge in [-0.1, -0.05) is 25.1 Å². The lowest BCUT2D eigenvalue weighted by Gasteiger charge is -2.22. The highest BCUT2D eigenvalue weighted by Gasteiger charge is 2.31. The molecule has 2 aromatic rings. The Bertz CT molecular complexity index is 620. The van der Waals surface area contributed by atoms with E-state index in [0.29, 0.717) is 18.5 Å². The number of rotatable bonds is 4. The molecule has 1 aliphatic heterocycles. The third-order valence-electron chi connectivity index (χ3n) is 4.66. The Morgan fingerprint density at radius 1 is 1.29 bits per heavy atom. The van der Waals surface area contributed by atoms with Crippen LogP contribution in [0.4, 0.5) is 0 Å². The number of benzene rings is 1. The van der Waals surface area contributed by atoms with Crippen LogP contribution >= 0.6 is 0 Å². The largest absolute Gasteiger partial charge is 0.459 e. The van der Waals surface area contributed by atoms with Gasteiger partial charge < -0.3 is 15.1 Å². The van der Waals surface area contributed by atoms with Gasteiger partial charge in [-0.05, 0) is 26.1 Å². The average molecular weight is 287 g/mol. The zero-order valence-corrected chi connectivity index (χ0v) is 13.2. The molecule has 2 unspecified atom stereocenters. The van der Waals surface area contributed by atoms with E-state index in [4.69, 9.17) is 10.2 Å². The monoisotopic (exact) mass is 287 g/mol. The Morgan fingerprint density at radius 3 is 2.71 bits per heavy atom. The molecule has 2 N–H and O–H groups in total. The normalized spacial score (nSPS) is 23.5. The summed E-state index contributed by atoms with van der Waals surface area (Å²) in [7, 11) is 4.33. The zero-order valence-electron chi connectivity index (χ0n) is 13.2. The van der Waals surface area contributed by atoms with Gasteiger partial charge in [-0.25, -0.2) is 0 Å². The number of furan rings is 1. The molecule has 1 aromatic carbocycles. The zero-order chi connectivity index (χ0) is 15.0. The lowest BCUT2D eigenvalue weighted by atomic mass is 10.1. The summed E-state index contributed by atoms with van der Waals surface area (Å²) in [6, 6.07) is 8.79. The molecule has 1 aromatic heterocycles. The number of para-hydroxylation sites is 1. The minimum atomic E-state index is 0.535. The summed E-state index contributed by atoms with van der Waals surface area (Å²) in [4.78, 5) is 4.80. The van der Waals surface area contributed by atoms with E-state index in [9.17, 15) is 0 Å². The van der Waals surface area contributed by atoms with E-state index in [1.165, 1.54) is 0 Å². The van der Waals surface area contributed by atoms with Crippen molar-refractivity contribution in [1.82, 2.24) is 9.80 Å². The van der Waals surface area contributed by atoms with Gasteiger partial charge in [-0.2, -0.15) is 0 Å². The number of hydrogen-bond acceptors (Lipinski definition) is 4. The van der Waals surface area contributed by atoms with Crippen LogP contribution < -0.4 is 5.73 Å². The van der Waals surface area contributed by atoms with E-state index >= 15 is 0 Å².